The fourth-order valence-corrected chi connectivity index (χ4v) is 6.90. The Bertz CT molecular complexity index is 1420. The number of pyridine rings is 1. The summed E-state index contributed by atoms with van der Waals surface area (Å²) >= 11 is 1.85. The van der Waals surface area contributed by atoms with Crippen LogP contribution in [0.15, 0.2) is 46.1 Å². The number of nitrogens with one attached hydrogen (secondary N) is 1. The molecule has 39 heavy (non-hydrogen) atoms. The van der Waals surface area contributed by atoms with Gasteiger partial charge in [0.05, 0.1) is 18.7 Å². The van der Waals surface area contributed by atoms with Crippen LogP contribution < -0.4 is 21.3 Å². The summed E-state index contributed by atoms with van der Waals surface area (Å²) in [4.78, 5) is 43.9. The average molecular weight is 555 g/mol. The lowest BCUT2D eigenvalue weighted by Gasteiger charge is -2.31. The molecule has 3 aromatic rings. The van der Waals surface area contributed by atoms with E-state index in [2.05, 4.69) is 10.3 Å². The summed E-state index contributed by atoms with van der Waals surface area (Å²) < 4.78 is 22.3. The highest BCUT2D eigenvalue weighted by Crippen LogP contribution is 2.30. The number of amides is 1. The van der Waals surface area contributed by atoms with Crippen molar-refractivity contribution >= 4 is 28.7 Å². The molecule has 208 valence electrons. The first-order chi connectivity index (χ1) is 18.9. The maximum Gasteiger partial charge on any atom is 0.333 e. The Kier molecular flexibility index (Phi) is 8.69. The van der Waals surface area contributed by atoms with Crippen LogP contribution in [-0.2, 0) is 11.2 Å². The number of benzene rings is 1. The minimum Gasteiger partial charge on any atom is -0.497 e. The average Bonchev–Trinajstić information content (AvgIpc) is 2.95. The Morgan fingerprint density at radius 3 is 2.44 bits per heavy atom. The van der Waals surface area contributed by atoms with Gasteiger partial charge in [-0.3, -0.25) is 18.7 Å². The van der Waals surface area contributed by atoms with Gasteiger partial charge in [-0.1, -0.05) is 12.1 Å². The van der Waals surface area contributed by atoms with Gasteiger partial charge in [0.1, 0.15) is 17.2 Å². The van der Waals surface area contributed by atoms with Crippen LogP contribution in [0.3, 0.4) is 0 Å². The Labute approximate surface area is 231 Å². The summed E-state index contributed by atoms with van der Waals surface area (Å²) in [6.45, 7) is 0. The normalized spacial score (nSPS) is 20.2. The van der Waals surface area contributed by atoms with Crippen molar-refractivity contribution in [3.05, 3.63) is 68.7 Å². The maximum absolute atomic E-state index is 14.1. The Morgan fingerprint density at radius 1 is 1.05 bits per heavy atom. The standard InChI is InChI=1S/C29H35FN4O4S/c1-38-24-11-5-19(6-12-24)3-2-4-26(35)32-21-7-9-22(10-8-21)34-28(36)25-17-20(30)18-31-27(25)33(29(34)37)23-13-15-39-16-14-23/h5-6,11-12,17-18,21-23H,2-4,7-10,13-16H2,1H3,(H,32,35)/t21-,22+. The smallest absolute Gasteiger partial charge is 0.333 e. The van der Waals surface area contributed by atoms with Crippen molar-refractivity contribution in [1.82, 2.24) is 19.4 Å². The van der Waals surface area contributed by atoms with Crippen molar-refractivity contribution in [2.45, 2.75) is 75.9 Å². The number of carbonyl (C=O) groups is 1. The maximum atomic E-state index is 14.1. The van der Waals surface area contributed by atoms with E-state index in [4.69, 9.17) is 4.74 Å². The summed E-state index contributed by atoms with van der Waals surface area (Å²) in [6, 6.07) is 8.74. The van der Waals surface area contributed by atoms with Gasteiger partial charge < -0.3 is 10.1 Å². The number of ether oxygens (including phenoxy) is 1. The molecule has 3 heterocycles. The van der Waals surface area contributed by atoms with E-state index in [1.54, 1.807) is 11.7 Å². The number of hydrogen-bond acceptors (Lipinski definition) is 6. The number of thioether (sulfide) groups is 1. The fraction of sp³-hybridized carbons (Fsp3) is 0.517. The molecule has 0 unspecified atom stereocenters. The number of aryl methyl sites for hydroxylation is 1. The Morgan fingerprint density at radius 2 is 1.74 bits per heavy atom. The van der Waals surface area contributed by atoms with Crippen molar-refractivity contribution in [2.24, 2.45) is 0 Å². The molecule has 5 rings (SSSR count). The third-order valence-electron chi connectivity index (χ3n) is 7.93. The largest absolute Gasteiger partial charge is 0.497 e. The second-order valence-electron chi connectivity index (χ2n) is 10.5. The monoisotopic (exact) mass is 554 g/mol. The number of nitrogens with zero attached hydrogens (tertiary/aromatic N) is 3. The van der Waals surface area contributed by atoms with Gasteiger partial charge >= 0.3 is 5.69 Å². The van der Waals surface area contributed by atoms with Gasteiger partial charge in [-0.25, -0.2) is 14.2 Å². The predicted molar refractivity (Wildman–Crippen MR) is 151 cm³/mol. The van der Waals surface area contributed by atoms with Gasteiger partial charge in [0.2, 0.25) is 5.91 Å². The molecule has 0 spiro atoms. The van der Waals surface area contributed by atoms with Crippen LogP contribution in [0.25, 0.3) is 11.0 Å². The topological polar surface area (TPSA) is 95.2 Å². The number of methoxy groups -OCH3 is 1. The predicted octanol–water partition coefficient (Wildman–Crippen LogP) is 4.40. The third kappa shape index (κ3) is 6.21. The van der Waals surface area contributed by atoms with Crippen LogP contribution in [0.4, 0.5) is 4.39 Å². The van der Waals surface area contributed by atoms with E-state index >= 15 is 0 Å². The lowest BCUT2D eigenvalue weighted by Crippen LogP contribution is -2.46. The first kappa shape index (κ1) is 27.4. The highest BCUT2D eigenvalue weighted by Gasteiger charge is 2.29. The fourth-order valence-electron chi connectivity index (χ4n) is 5.82. The summed E-state index contributed by atoms with van der Waals surface area (Å²) in [5.74, 6) is 2.12. The van der Waals surface area contributed by atoms with E-state index in [1.807, 2.05) is 36.0 Å². The molecule has 0 radical (unpaired) electrons. The first-order valence-corrected chi connectivity index (χ1v) is 14.9. The molecule has 0 bridgehead atoms. The number of rotatable bonds is 8. The van der Waals surface area contributed by atoms with Gasteiger partial charge in [-0.05, 0) is 86.6 Å². The molecule has 1 saturated carbocycles. The second-order valence-corrected chi connectivity index (χ2v) is 11.7. The summed E-state index contributed by atoms with van der Waals surface area (Å²) in [5, 5.41) is 3.29. The number of hydrogen-bond donors (Lipinski definition) is 1. The van der Waals surface area contributed by atoms with Gasteiger partial charge in [-0.2, -0.15) is 11.8 Å². The second kappa shape index (κ2) is 12.4. The van der Waals surface area contributed by atoms with Crippen molar-refractivity contribution in [2.75, 3.05) is 18.6 Å². The molecular formula is C29H35FN4O4S. The van der Waals surface area contributed by atoms with Crippen LogP contribution in [0.5, 0.6) is 5.75 Å². The minimum absolute atomic E-state index is 0.0163. The van der Waals surface area contributed by atoms with Crippen LogP contribution in [0.1, 0.15) is 69.0 Å². The zero-order chi connectivity index (χ0) is 27.4. The molecule has 1 aliphatic heterocycles. The third-order valence-corrected chi connectivity index (χ3v) is 8.98. The molecule has 2 aromatic heterocycles. The molecule has 10 heteroatoms. The first-order valence-electron chi connectivity index (χ1n) is 13.8. The number of carbonyl (C=O) groups excluding carboxylic acids is 1. The molecule has 1 amide bonds. The van der Waals surface area contributed by atoms with Crippen molar-refractivity contribution in [1.29, 1.82) is 0 Å². The molecule has 2 fully saturated rings. The summed E-state index contributed by atoms with van der Waals surface area (Å²) in [6.07, 6.45) is 7.27. The summed E-state index contributed by atoms with van der Waals surface area (Å²) in [5.41, 5.74) is 0.608. The summed E-state index contributed by atoms with van der Waals surface area (Å²) in [7, 11) is 1.64. The van der Waals surface area contributed by atoms with Gasteiger partial charge in [0.25, 0.3) is 5.56 Å². The van der Waals surface area contributed by atoms with Crippen molar-refractivity contribution < 1.29 is 13.9 Å². The quantitative estimate of drug-likeness (QED) is 0.444. The van der Waals surface area contributed by atoms with E-state index < -0.39 is 11.4 Å². The zero-order valence-corrected chi connectivity index (χ0v) is 23.1. The number of halogens is 1. The Hall–Kier alpha value is -3.14. The van der Waals surface area contributed by atoms with Crippen LogP contribution >= 0.6 is 11.8 Å². The van der Waals surface area contributed by atoms with E-state index in [-0.39, 0.29) is 40.8 Å². The number of aromatic nitrogens is 3. The van der Waals surface area contributed by atoms with E-state index in [0.717, 1.165) is 54.7 Å². The van der Waals surface area contributed by atoms with Crippen LogP contribution in [-0.4, -0.2) is 44.7 Å². The van der Waals surface area contributed by atoms with Crippen molar-refractivity contribution in [3.8, 4) is 5.75 Å². The minimum atomic E-state index is -0.589. The van der Waals surface area contributed by atoms with Crippen LogP contribution in [0, 0.1) is 5.82 Å². The molecular weight excluding hydrogens is 519 g/mol. The van der Waals surface area contributed by atoms with Gasteiger partial charge in [0.15, 0.2) is 0 Å². The lowest BCUT2D eigenvalue weighted by atomic mass is 9.90. The highest BCUT2D eigenvalue weighted by atomic mass is 32.2. The lowest BCUT2D eigenvalue weighted by molar-refractivity contribution is -0.122. The van der Waals surface area contributed by atoms with Gasteiger partial charge in [-0.15, -0.1) is 0 Å². The molecule has 1 saturated heterocycles. The van der Waals surface area contributed by atoms with Crippen molar-refractivity contribution in [3.63, 3.8) is 0 Å². The Balaban J connectivity index is 1.24. The van der Waals surface area contributed by atoms with E-state index in [9.17, 15) is 18.8 Å². The SMILES string of the molecule is COc1ccc(CCCC(=O)N[C@H]2CC[C@@H](n3c(=O)c4cc(F)cnc4n(C4CCSCC4)c3=O)CC2)cc1. The zero-order valence-electron chi connectivity index (χ0n) is 22.2. The molecule has 1 aromatic carbocycles. The molecule has 8 nitrogen and oxygen atoms in total. The molecule has 1 N–H and O–H groups in total. The molecule has 2 aliphatic rings. The van der Waals surface area contributed by atoms with E-state index in [0.29, 0.717) is 32.1 Å². The van der Waals surface area contributed by atoms with Gasteiger partial charge in [0, 0.05) is 24.5 Å². The number of fused-ring (bicyclic) bond motifs is 1. The van der Waals surface area contributed by atoms with E-state index in [1.165, 1.54) is 10.6 Å². The molecule has 1 aliphatic carbocycles. The molecule has 0 atom stereocenters. The highest BCUT2D eigenvalue weighted by molar-refractivity contribution is 7.99. The van der Waals surface area contributed by atoms with Crippen LogP contribution in [0.2, 0.25) is 0 Å².